The highest BCUT2D eigenvalue weighted by atomic mass is 16.3. The highest BCUT2D eigenvalue weighted by Gasteiger charge is 2.22. The maximum atomic E-state index is 9.94. The number of aliphatic hydroxyl groups excluding tert-OH is 2. The van der Waals surface area contributed by atoms with Gasteiger partial charge in [-0.05, 0) is 31.6 Å². The van der Waals surface area contributed by atoms with Gasteiger partial charge in [-0.1, -0.05) is 24.3 Å². The van der Waals surface area contributed by atoms with Crippen LogP contribution in [0.5, 0.6) is 0 Å². The van der Waals surface area contributed by atoms with Crippen LogP contribution in [0.2, 0.25) is 0 Å². The molecule has 6 nitrogen and oxygen atoms in total. The summed E-state index contributed by atoms with van der Waals surface area (Å²) in [5.41, 5.74) is 16.7. The monoisotopic (exact) mass is 284 g/mol. The second-order valence-electron chi connectivity index (χ2n) is 5.40. The molecule has 0 aromatic heterocycles. The minimum atomic E-state index is -1.01. The first-order valence-electron chi connectivity index (χ1n) is 7.19. The van der Waals surface area contributed by atoms with Crippen LogP contribution >= 0.6 is 0 Å². The third-order valence-electron chi connectivity index (χ3n) is 3.56. The smallest absolute Gasteiger partial charge is 0.118 e. The molecule has 0 saturated carbocycles. The van der Waals surface area contributed by atoms with Crippen molar-refractivity contribution in [2.45, 2.75) is 50.2 Å². The molecule has 0 spiro atoms. The number of aliphatic hydroxyl groups is 2. The Hall–Kier alpha value is -0.760. The number of rotatable bonds is 9. The summed E-state index contributed by atoms with van der Waals surface area (Å²) in [6.07, 6.45) is 9.15. The van der Waals surface area contributed by atoms with Crippen LogP contribution in [0.15, 0.2) is 24.3 Å². The Bertz CT molecular complexity index is 320. The van der Waals surface area contributed by atoms with Crippen molar-refractivity contribution in [3.05, 3.63) is 24.3 Å². The normalized spacial score (nSPS) is 24.4. The Balaban J connectivity index is 2.37. The molecule has 0 aliphatic heterocycles. The Morgan fingerprint density at radius 3 is 2.50 bits per heavy atom. The lowest BCUT2D eigenvalue weighted by Gasteiger charge is -2.28. The number of nitrogens with two attached hydrogens (primary N) is 3. The number of hydrogen-bond donors (Lipinski definition) is 6. The van der Waals surface area contributed by atoms with E-state index in [1.54, 1.807) is 0 Å². The molecule has 4 unspecified atom stereocenters. The van der Waals surface area contributed by atoms with E-state index < -0.39 is 12.5 Å². The predicted octanol–water partition coefficient (Wildman–Crippen LogP) is -0.871. The zero-order valence-corrected chi connectivity index (χ0v) is 11.9. The van der Waals surface area contributed by atoms with Gasteiger partial charge < -0.3 is 27.4 Å². The zero-order valence-electron chi connectivity index (χ0n) is 11.9. The van der Waals surface area contributed by atoms with E-state index in [2.05, 4.69) is 17.5 Å². The first-order valence-corrected chi connectivity index (χ1v) is 7.19. The molecule has 0 radical (unpaired) electrons. The molecule has 1 aliphatic carbocycles. The topological polar surface area (TPSA) is 131 Å². The van der Waals surface area contributed by atoms with E-state index in [0.29, 0.717) is 31.7 Å². The van der Waals surface area contributed by atoms with Gasteiger partial charge in [0.2, 0.25) is 0 Å². The van der Waals surface area contributed by atoms with Crippen molar-refractivity contribution in [3.63, 3.8) is 0 Å². The lowest BCUT2D eigenvalue weighted by molar-refractivity contribution is 0.0546. The van der Waals surface area contributed by atoms with E-state index >= 15 is 0 Å². The second kappa shape index (κ2) is 9.23. The summed E-state index contributed by atoms with van der Waals surface area (Å²) >= 11 is 0. The molecule has 116 valence electrons. The summed E-state index contributed by atoms with van der Waals surface area (Å²) in [5.74, 6) is 0.328. The molecule has 1 rings (SSSR count). The van der Waals surface area contributed by atoms with Crippen molar-refractivity contribution in [3.8, 4) is 0 Å². The minimum Gasteiger partial charge on any atom is -0.379 e. The molecule has 0 saturated heterocycles. The van der Waals surface area contributed by atoms with Crippen molar-refractivity contribution < 1.29 is 10.2 Å². The lowest BCUT2D eigenvalue weighted by atomic mass is 9.92. The van der Waals surface area contributed by atoms with Crippen LogP contribution in [-0.2, 0) is 0 Å². The fraction of sp³-hybridized carbons (Fsp3) is 0.714. The molecule has 20 heavy (non-hydrogen) atoms. The van der Waals surface area contributed by atoms with Gasteiger partial charge in [-0.2, -0.15) is 0 Å². The van der Waals surface area contributed by atoms with Gasteiger partial charge in [0.25, 0.3) is 0 Å². The third-order valence-corrected chi connectivity index (χ3v) is 3.56. The van der Waals surface area contributed by atoms with Gasteiger partial charge in [-0.3, -0.25) is 5.32 Å². The average Bonchev–Trinajstić information content (AvgIpc) is 2.45. The molecule has 0 fully saturated rings. The van der Waals surface area contributed by atoms with Crippen molar-refractivity contribution in [1.29, 1.82) is 0 Å². The van der Waals surface area contributed by atoms with E-state index in [4.69, 9.17) is 17.2 Å². The minimum absolute atomic E-state index is 0.112. The Kier molecular flexibility index (Phi) is 7.98. The predicted molar refractivity (Wildman–Crippen MR) is 80.4 cm³/mol. The number of hydrogen-bond acceptors (Lipinski definition) is 6. The molecule has 9 N–H and O–H groups in total. The Labute approximate surface area is 120 Å². The molecule has 5 atom stereocenters. The summed E-state index contributed by atoms with van der Waals surface area (Å²) in [6.45, 7) is 0.398. The van der Waals surface area contributed by atoms with Crippen molar-refractivity contribution in [2.75, 3.05) is 6.54 Å². The Morgan fingerprint density at radius 1 is 1.20 bits per heavy atom. The van der Waals surface area contributed by atoms with Crippen LogP contribution < -0.4 is 22.5 Å². The molecule has 0 aromatic carbocycles. The maximum Gasteiger partial charge on any atom is 0.118 e. The first-order chi connectivity index (χ1) is 9.52. The van der Waals surface area contributed by atoms with Gasteiger partial charge in [0.05, 0.1) is 0 Å². The molecular formula is C14H28N4O2. The van der Waals surface area contributed by atoms with E-state index in [1.165, 1.54) is 0 Å². The van der Waals surface area contributed by atoms with Crippen LogP contribution in [0.4, 0.5) is 0 Å². The van der Waals surface area contributed by atoms with Crippen molar-refractivity contribution >= 4 is 0 Å². The van der Waals surface area contributed by atoms with Gasteiger partial charge in [-0.25, -0.2) is 0 Å². The van der Waals surface area contributed by atoms with Crippen molar-refractivity contribution in [2.24, 2.45) is 23.1 Å². The van der Waals surface area contributed by atoms with Gasteiger partial charge in [0, 0.05) is 18.6 Å². The Morgan fingerprint density at radius 2 is 1.95 bits per heavy atom. The highest BCUT2D eigenvalue weighted by Crippen LogP contribution is 2.18. The van der Waals surface area contributed by atoms with E-state index in [9.17, 15) is 10.2 Å². The fourth-order valence-electron chi connectivity index (χ4n) is 2.26. The maximum absolute atomic E-state index is 9.94. The van der Waals surface area contributed by atoms with Crippen molar-refractivity contribution in [1.82, 2.24) is 5.32 Å². The van der Waals surface area contributed by atoms with Crippen LogP contribution in [-0.4, -0.2) is 41.3 Å². The number of allylic oxidation sites excluding steroid dienone is 4. The third kappa shape index (κ3) is 6.60. The molecular weight excluding hydrogens is 256 g/mol. The fourth-order valence-corrected chi connectivity index (χ4v) is 2.26. The van der Waals surface area contributed by atoms with Gasteiger partial charge in [0.1, 0.15) is 12.5 Å². The SMILES string of the molecule is NCC(N)CC[C@H](O)NC(CC1C=CC=CC1)C(N)O. The van der Waals surface area contributed by atoms with Gasteiger partial charge >= 0.3 is 0 Å². The van der Waals surface area contributed by atoms with Gasteiger partial charge in [0.15, 0.2) is 0 Å². The van der Waals surface area contributed by atoms with Crippen LogP contribution in [0, 0.1) is 5.92 Å². The summed E-state index contributed by atoms with van der Waals surface area (Å²) in [7, 11) is 0. The largest absolute Gasteiger partial charge is 0.379 e. The standard InChI is InChI=1S/C14H28N4O2/c15-9-11(16)6-7-13(19)18-12(14(17)20)8-10-4-2-1-3-5-10/h1-4,10-14,18-20H,5-9,15-17H2/t10?,11?,12?,13-,14?/m0/s1. The average molecular weight is 284 g/mol. The van der Waals surface area contributed by atoms with E-state index in [1.807, 2.05) is 12.2 Å². The summed E-state index contributed by atoms with van der Waals surface area (Å²) in [6, 6.07) is -0.459. The molecule has 0 amide bonds. The quantitative estimate of drug-likeness (QED) is 0.305. The molecule has 0 bridgehead atoms. The molecule has 1 aliphatic rings. The van der Waals surface area contributed by atoms with Gasteiger partial charge in [-0.15, -0.1) is 0 Å². The molecule has 6 heteroatoms. The van der Waals surface area contributed by atoms with Crippen LogP contribution in [0.25, 0.3) is 0 Å². The summed E-state index contributed by atoms with van der Waals surface area (Å²) in [4.78, 5) is 0. The van der Waals surface area contributed by atoms with Crippen LogP contribution in [0.3, 0.4) is 0 Å². The molecule has 0 heterocycles. The van der Waals surface area contributed by atoms with Crippen LogP contribution in [0.1, 0.15) is 25.7 Å². The lowest BCUT2D eigenvalue weighted by Crippen LogP contribution is -2.50. The zero-order chi connectivity index (χ0) is 15.0. The molecule has 0 aromatic rings. The second-order valence-corrected chi connectivity index (χ2v) is 5.40. The van der Waals surface area contributed by atoms with E-state index in [0.717, 1.165) is 6.42 Å². The first kappa shape index (κ1) is 17.3. The summed E-state index contributed by atoms with van der Waals surface area (Å²) < 4.78 is 0. The summed E-state index contributed by atoms with van der Waals surface area (Å²) in [5, 5.41) is 22.5. The van der Waals surface area contributed by atoms with E-state index in [-0.39, 0.29) is 12.1 Å². The highest BCUT2D eigenvalue weighted by molar-refractivity contribution is 5.11. The number of nitrogens with one attached hydrogen (secondary N) is 1.